The van der Waals surface area contributed by atoms with Crippen molar-refractivity contribution in [2.45, 2.75) is 32.2 Å². The standard InChI is InChI=1S/C14H24N6O/c1-3-6-15-12-16-13(19(2)11-4-5-11)18-14(17-12)20-7-9-21-10-8-20/h11H,3-10H2,1-2H3,(H,15,16,17,18). The molecule has 3 rings (SSSR count). The molecule has 1 N–H and O–H groups in total. The lowest BCUT2D eigenvalue weighted by molar-refractivity contribution is 0.122. The molecule has 1 aromatic heterocycles. The van der Waals surface area contributed by atoms with E-state index in [2.05, 4.69) is 44.0 Å². The first-order chi connectivity index (χ1) is 10.3. The Morgan fingerprint density at radius 3 is 2.67 bits per heavy atom. The van der Waals surface area contributed by atoms with Crippen molar-refractivity contribution in [3.63, 3.8) is 0 Å². The molecule has 1 aliphatic carbocycles. The summed E-state index contributed by atoms with van der Waals surface area (Å²) >= 11 is 0. The quantitative estimate of drug-likeness (QED) is 0.843. The van der Waals surface area contributed by atoms with E-state index in [1.54, 1.807) is 0 Å². The maximum absolute atomic E-state index is 5.40. The Labute approximate surface area is 125 Å². The molecule has 7 heteroatoms. The molecule has 116 valence electrons. The number of hydrogen-bond acceptors (Lipinski definition) is 7. The van der Waals surface area contributed by atoms with Gasteiger partial charge in [-0.05, 0) is 19.3 Å². The van der Waals surface area contributed by atoms with Gasteiger partial charge >= 0.3 is 0 Å². The maximum Gasteiger partial charge on any atom is 0.232 e. The van der Waals surface area contributed by atoms with Gasteiger partial charge in [-0.3, -0.25) is 0 Å². The van der Waals surface area contributed by atoms with E-state index in [0.29, 0.717) is 12.0 Å². The summed E-state index contributed by atoms with van der Waals surface area (Å²) in [5.41, 5.74) is 0. The van der Waals surface area contributed by atoms with E-state index in [-0.39, 0.29) is 0 Å². The van der Waals surface area contributed by atoms with Crippen LogP contribution in [-0.2, 0) is 4.74 Å². The number of anilines is 3. The Bertz CT molecular complexity index is 473. The molecule has 2 heterocycles. The van der Waals surface area contributed by atoms with Gasteiger partial charge in [-0.25, -0.2) is 0 Å². The Morgan fingerprint density at radius 1 is 1.24 bits per heavy atom. The van der Waals surface area contributed by atoms with Gasteiger partial charge in [0.25, 0.3) is 0 Å². The fourth-order valence-electron chi connectivity index (χ4n) is 2.36. The summed E-state index contributed by atoms with van der Waals surface area (Å²) in [6.07, 6.45) is 3.51. The molecule has 2 aliphatic rings. The van der Waals surface area contributed by atoms with E-state index in [4.69, 9.17) is 4.74 Å². The summed E-state index contributed by atoms with van der Waals surface area (Å²) in [6, 6.07) is 0.587. The minimum atomic E-state index is 0.587. The number of nitrogens with one attached hydrogen (secondary N) is 1. The molecule has 0 atom stereocenters. The van der Waals surface area contributed by atoms with Crippen LogP contribution in [-0.4, -0.2) is 60.9 Å². The van der Waals surface area contributed by atoms with Gasteiger partial charge in [0.05, 0.1) is 13.2 Å². The lowest BCUT2D eigenvalue weighted by Crippen LogP contribution is -2.38. The highest BCUT2D eigenvalue weighted by Gasteiger charge is 2.29. The second-order valence-corrected chi connectivity index (χ2v) is 5.63. The highest BCUT2D eigenvalue weighted by atomic mass is 16.5. The van der Waals surface area contributed by atoms with Crippen molar-refractivity contribution in [1.82, 2.24) is 15.0 Å². The molecule has 0 bridgehead atoms. The average molecular weight is 292 g/mol. The van der Waals surface area contributed by atoms with Crippen LogP contribution in [0, 0.1) is 0 Å². The van der Waals surface area contributed by atoms with Gasteiger partial charge in [0.1, 0.15) is 0 Å². The monoisotopic (exact) mass is 292 g/mol. The summed E-state index contributed by atoms with van der Waals surface area (Å²) in [7, 11) is 2.07. The normalized spacial score (nSPS) is 18.7. The fraction of sp³-hybridized carbons (Fsp3) is 0.786. The van der Waals surface area contributed by atoms with Crippen molar-refractivity contribution in [3.05, 3.63) is 0 Å². The molecule has 1 saturated carbocycles. The fourth-order valence-corrected chi connectivity index (χ4v) is 2.36. The van der Waals surface area contributed by atoms with Gasteiger partial charge in [-0.2, -0.15) is 15.0 Å². The maximum atomic E-state index is 5.40. The Kier molecular flexibility index (Phi) is 4.38. The van der Waals surface area contributed by atoms with Crippen LogP contribution in [0.4, 0.5) is 17.8 Å². The van der Waals surface area contributed by atoms with E-state index in [0.717, 1.165) is 51.2 Å². The lowest BCUT2D eigenvalue weighted by Gasteiger charge is -2.28. The predicted octanol–water partition coefficient (Wildman–Crippen LogP) is 1.13. The first kappa shape index (κ1) is 14.3. The van der Waals surface area contributed by atoms with E-state index in [1.165, 1.54) is 12.8 Å². The van der Waals surface area contributed by atoms with Gasteiger partial charge < -0.3 is 19.9 Å². The first-order valence-electron chi connectivity index (χ1n) is 7.83. The van der Waals surface area contributed by atoms with Gasteiger partial charge in [0.15, 0.2) is 0 Å². The van der Waals surface area contributed by atoms with Crippen LogP contribution in [0.25, 0.3) is 0 Å². The minimum Gasteiger partial charge on any atom is -0.378 e. The van der Waals surface area contributed by atoms with Crippen LogP contribution in [0.3, 0.4) is 0 Å². The number of rotatable bonds is 6. The van der Waals surface area contributed by atoms with Crippen LogP contribution in [0.15, 0.2) is 0 Å². The second-order valence-electron chi connectivity index (χ2n) is 5.63. The van der Waals surface area contributed by atoms with E-state index < -0.39 is 0 Å². The summed E-state index contributed by atoms with van der Waals surface area (Å²) < 4.78 is 5.40. The molecule has 0 radical (unpaired) electrons. The third-order valence-electron chi connectivity index (χ3n) is 3.85. The lowest BCUT2D eigenvalue weighted by atomic mass is 10.4. The van der Waals surface area contributed by atoms with Crippen molar-refractivity contribution in [1.29, 1.82) is 0 Å². The molecule has 1 aliphatic heterocycles. The topological polar surface area (TPSA) is 66.4 Å². The van der Waals surface area contributed by atoms with Crippen LogP contribution >= 0.6 is 0 Å². The van der Waals surface area contributed by atoms with Gasteiger partial charge in [0.2, 0.25) is 17.8 Å². The number of hydrogen-bond donors (Lipinski definition) is 1. The van der Waals surface area contributed by atoms with E-state index in [1.807, 2.05) is 0 Å². The van der Waals surface area contributed by atoms with Crippen LogP contribution < -0.4 is 15.1 Å². The number of nitrogens with zero attached hydrogens (tertiary/aromatic N) is 5. The molecule has 0 aromatic carbocycles. The number of morpholine rings is 1. The molecule has 1 saturated heterocycles. The SMILES string of the molecule is CCCNc1nc(N2CCOCC2)nc(N(C)C2CC2)n1. The molecule has 0 spiro atoms. The summed E-state index contributed by atoms with van der Waals surface area (Å²) in [4.78, 5) is 18.1. The predicted molar refractivity (Wildman–Crippen MR) is 83.1 cm³/mol. The Balaban J connectivity index is 1.83. The van der Waals surface area contributed by atoms with Crippen molar-refractivity contribution in [3.8, 4) is 0 Å². The summed E-state index contributed by atoms with van der Waals surface area (Å²) in [6.45, 7) is 6.15. The van der Waals surface area contributed by atoms with Crippen LogP contribution in [0.1, 0.15) is 26.2 Å². The molecule has 1 aromatic rings. The van der Waals surface area contributed by atoms with Gasteiger partial charge in [-0.1, -0.05) is 6.92 Å². The zero-order valence-corrected chi connectivity index (χ0v) is 12.9. The van der Waals surface area contributed by atoms with Gasteiger partial charge in [-0.15, -0.1) is 0 Å². The number of aromatic nitrogens is 3. The van der Waals surface area contributed by atoms with Crippen LogP contribution in [0.5, 0.6) is 0 Å². The molecule has 21 heavy (non-hydrogen) atoms. The third-order valence-corrected chi connectivity index (χ3v) is 3.85. The van der Waals surface area contributed by atoms with E-state index >= 15 is 0 Å². The Morgan fingerprint density at radius 2 is 2.00 bits per heavy atom. The highest BCUT2D eigenvalue weighted by Crippen LogP contribution is 2.29. The van der Waals surface area contributed by atoms with Crippen molar-refractivity contribution >= 4 is 17.8 Å². The average Bonchev–Trinajstić information content (AvgIpc) is 3.37. The molecule has 2 fully saturated rings. The zero-order chi connectivity index (χ0) is 14.7. The summed E-state index contributed by atoms with van der Waals surface area (Å²) in [5.74, 6) is 2.21. The smallest absolute Gasteiger partial charge is 0.232 e. The second kappa shape index (κ2) is 6.43. The molecule has 0 amide bonds. The molecular weight excluding hydrogens is 268 g/mol. The van der Waals surface area contributed by atoms with Crippen molar-refractivity contribution in [2.24, 2.45) is 0 Å². The highest BCUT2D eigenvalue weighted by molar-refractivity contribution is 5.46. The zero-order valence-electron chi connectivity index (χ0n) is 12.9. The molecular formula is C14H24N6O. The molecule has 0 unspecified atom stereocenters. The molecule has 7 nitrogen and oxygen atoms in total. The first-order valence-corrected chi connectivity index (χ1v) is 7.83. The van der Waals surface area contributed by atoms with Crippen LogP contribution in [0.2, 0.25) is 0 Å². The van der Waals surface area contributed by atoms with Crippen molar-refractivity contribution in [2.75, 3.05) is 55.0 Å². The Hall–Kier alpha value is -1.63. The third kappa shape index (κ3) is 3.53. The van der Waals surface area contributed by atoms with Crippen molar-refractivity contribution < 1.29 is 4.74 Å². The number of ether oxygens (including phenoxy) is 1. The minimum absolute atomic E-state index is 0.587. The summed E-state index contributed by atoms with van der Waals surface area (Å²) in [5, 5.41) is 3.28. The van der Waals surface area contributed by atoms with E-state index in [9.17, 15) is 0 Å². The largest absolute Gasteiger partial charge is 0.378 e. The van der Waals surface area contributed by atoms with Gasteiger partial charge in [0, 0.05) is 32.7 Å².